The van der Waals surface area contributed by atoms with Crippen LogP contribution >= 0.6 is 0 Å². The summed E-state index contributed by atoms with van der Waals surface area (Å²) in [5.74, 6) is 0. The third kappa shape index (κ3) is 4.45. The fraction of sp³-hybridized carbons (Fsp3) is 0.625. The number of rotatable bonds is 4. The van der Waals surface area contributed by atoms with Crippen molar-refractivity contribution in [2.24, 2.45) is 0 Å². The van der Waals surface area contributed by atoms with E-state index in [9.17, 15) is 13.2 Å². The Labute approximate surface area is 124 Å². The second-order valence-electron chi connectivity index (χ2n) is 5.80. The Hall–Kier alpha value is -1.07. The number of nitrogens with one attached hydrogen (secondary N) is 1. The molecule has 2 nitrogen and oxygen atoms in total. The fourth-order valence-corrected chi connectivity index (χ4v) is 3.10. The Morgan fingerprint density at radius 1 is 1.29 bits per heavy atom. The van der Waals surface area contributed by atoms with Gasteiger partial charge in [-0.1, -0.05) is 37.3 Å². The zero-order chi connectivity index (χ0) is 15.5. The zero-order valence-corrected chi connectivity index (χ0v) is 12.5. The fourth-order valence-electron chi connectivity index (χ4n) is 3.10. The first-order valence-corrected chi connectivity index (χ1v) is 7.51. The highest BCUT2D eigenvalue weighted by molar-refractivity contribution is 5.20. The van der Waals surface area contributed by atoms with Gasteiger partial charge < -0.3 is 5.32 Å². The van der Waals surface area contributed by atoms with E-state index >= 15 is 0 Å². The summed E-state index contributed by atoms with van der Waals surface area (Å²) in [6.45, 7) is 5.07. The minimum atomic E-state index is -4.11. The lowest BCUT2D eigenvalue weighted by molar-refractivity contribution is -0.149. The van der Waals surface area contributed by atoms with Crippen LogP contribution in [0.2, 0.25) is 0 Å². The summed E-state index contributed by atoms with van der Waals surface area (Å²) in [6.07, 6.45) is -3.99. The molecule has 5 heteroatoms. The standard InChI is InChI=1S/C16H23F3N2/c1-3-14-10-20-15(13-7-5-4-6-8-13)11-21(14)12(2)9-16(17,18)19/h4-8,12,14-15,20H,3,9-11H2,1-2H3. The number of hydrogen-bond acceptors (Lipinski definition) is 2. The Balaban J connectivity index is 2.09. The predicted octanol–water partition coefficient (Wildman–Crippen LogP) is 3.75. The van der Waals surface area contributed by atoms with Crippen LogP contribution in [-0.2, 0) is 0 Å². The molecular weight excluding hydrogens is 277 g/mol. The summed E-state index contributed by atoms with van der Waals surface area (Å²) in [7, 11) is 0. The summed E-state index contributed by atoms with van der Waals surface area (Å²) >= 11 is 0. The summed E-state index contributed by atoms with van der Waals surface area (Å²) in [5.41, 5.74) is 1.14. The predicted molar refractivity (Wildman–Crippen MR) is 78.1 cm³/mol. The maximum absolute atomic E-state index is 12.7. The van der Waals surface area contributed by atoms with Crippen LogP contribution in [0.4, 0.5) is 13.2 Å². The van der Waals surface area contributed by atoms with Gasteiger partial charge in [0.2, 0.25) is 0 Å². The molecule has 0 radical (unpaired) electrons. The molecule has 0 saturated carbocycles. The highest BCUT2D eigenvalue weighted by Crippen LogP contribution is 2.29. The minimum absolute atomic E-state index is 0.102. The first-order valence-electron chi connectivity index (χ1n) is 7.51. The second-order valence-corrected chi connectivity index (χ2v) is 5.80. The van der Waals surface area contributed by atoms with E-state index in [0.717, 1.165) is 18.5 Å². The van der Waals surface area contributed by atoms with Crippen LogP contribution in [0.25, 0.3) is 0 Å². The molecule has 0 aromatic heterocycles. The molecule has 0 spiro atoms. The maximum Gasteiger partial charge on any atom is 0.390 e. The quantitative estimate of drug-likeness (QED) is 0.911. The Kier molecular flexibility index (Phi) is 5.27. The van der Waals surface area contributed by atoms with Gasteiger partial charge in [0.25, 0.3) is 0 Å². The van der Waals surface area contributed by atoms with Crippen LogP contribution in [0, 0.1) is 0 Å². The first-order chi connectivity index (χ1) is 9.90. The van der Waals surface area contributed by atoms with Gasteiger partial charge >= 0.3 is 6.18 Å². The van der Waals surface area contributed by atoms with Crippen LogP contribution in [0.5, 0.6) is 0 Å². The van der Waals surface area contributed by atoms with Gasteiger partial charge in [0.05, 0.1) is 6.42 Å². The van der Waals surface area contributed by atoms with Crippen LogP contribution < -0.4 is 5.32 Å². The molecule has 3 atom stereocenters. The van der Waals surface area contributed by atoms with E-state index in [1.807, 2.05) is 42.2 Å². The number of alkyl halides is 3. The lowest BCUT2D eigenvalue weighted by atomic mass is 9.98. The Bertz CT molecular complexity index is 433. The average Bonchev–Trinajstić information content (AvgIpc) is 2.45. The highest BCUT2D eigenvalue weighted by Gasteiger charge is 2.37. The molecule has 1 N–H and O–H groups in total. The third-order valence-corrected chi connectivity index (χ3v) is 4.23. The zero-order valence-electron chi connectivity index (χ0n) is 12.5. The van der Waals surface area contributed by atoms with E-state index in [4.69, 9.17) is 0 Å². The monoisotopic (exact) mass is 300 g/mol. The maximum atomic E-state index is 12.7. The number of nitrogens with zero attached hydrogens (tertiary/aromatic N) is 1. The van der Waals surface area contributed by atoms with Gasteiger partial charge in [-0.2, -0.15) is 13.2 Å². The van der Waals surface area contributed by atoms with Crippen molar-refractivity contribution in [3.8, 4) is 0 Å². The van der Waals surface area contributed by atoms with Crippen LogP contribution in [0.3, 0.4) is 0 Å². The van der Waals surface area contributed by atoms with Crippen molar-refractivity contribution in [2.45, 2.75) is 51.0 Å². The van der Waals surface area contributed by atoms with Crippen molar-refractivity contribution in [3.05, 3.63) is 35.9 Å². The van der Waals surface area contributed by atoms with Crippen molar-refractivity contribution < 1.29 is 13.2 Å². The topological polar surface area (TPSA) is 15.3 Å². The minimum Gasteiger partial charge on any atom is -0.307 e. The molecule has 1 aromatic rings. The van der Waals surface area contributed by atoms with Gasteiger partial charge in [-0.3, -0.25) is 4.90 Å². The van der Waals surface area contributed by atoms with Gasteiger partial charge in [0, 0.05) is 31.2 Å². The molecule has 118 valence electrons. The molecule has 1 aliphatic heterocycles. The van der Waals surface area contributed by atoms with Gasteiger partial charge in [-0.05, 0) is 18.9 Å². The van der Waals surface area contributed by atoms with Crippen molar-refractivity contribution >= 4 is 0 Å². The Morgan fingerprint density at radius 2 is 1.95 bits per heavy atom. The highest BCUT2D eigenvalue weighted by atomic mass is 19.4. The molecule has 0 aliphatic carbocycles. The van der Waals surface area contributed by atoms with Gasteiger partial charge in [0.15, 0.2) is 0 Å². The van der Waals surface area contributed by atoms with E-state index in [1.165, 1.54) is 0 Å². The van der Waals surface area contributed by atoms with E-state index in [1.54, 1.807) is 6.92 Å². The number of piperazine rings is 1. The van der Waals surface area contributed by atoms with Crippen molar-refractivity contribution in [1.29, 1.82) is 0 Å². The smallest absolute Gasteiger partial charge is 0.307 e. The SMILES string of the molecule is CCC1CNC(c2ccccc2)CN1C(C)CC(F)(F)F. The first kappa shape index (κ1) is 16.3. The van der Waals surface area contributed by atoms with E-state index < -0.39 is 18.6 Å². The molecule has 0 amide bonds. The van der Waals surface area contributed by atoms with Crippen molar-refractivity contribution in [1.82, 2.24) is 10.2 Å². The second kappa shape index (κ2) is 6.79. The van der Waals surface area contributed by atoms with Crippen LogP contribution in [0.15, 0.2) is 30.3 Å². The largest absolute Gasteiger partial charge is 0.390 e. The number of hydrogen-bond donors (Lipinski definition) is 1. The van der Waals surface area contributed by atoms with Crippen LogP contribution in [-0.4, -0.2) is 36.2 Å². The third-order valence-electron chi connectivity index (χ3n) is 4.23. The molecule has 3 unspecified atom stereocenters. The molecule has 1 aromatic carbocycles. The molecular formula is C16H23F3N2. The summed E-state index contributed by atoms with van der Waals surface area (Å²) in [4.78, 5) is 2.02. The van der Waals surface area contributed by atoms with Crippen LogP contribution in [0.1, 0.15) is 38.3 Å². The molecule has 0 bridgehead atoms. The lowest BCUT2D eigenvalue weighted by Gasteiger charge is -2.43. The van der Waals surface area contributed by atoms with E-state index in [0.29, 0.717) is 6.54 Å². The molecule has 2 rings (SSSR count). The van der Waals surface area contributed by atoms with Gasteiger partial charge in [-0.25, -0.2) is 0 Å². The molecule has 1 saturated heterocycles. The molecule has 21 heavy (non-hydrogen) atoms. The normalized spacial score (nSPS) is 25.8. The Morgan fingerprint density at radius 3 is 2.52 bits per heavy atom. The number of benzene rings is 1. The summed E-state index contributed by atoms with van der Waals surface area (Å²) < 4.78 is 38.0. The van der Waals surface area contributed by atoms with E-state index in [-0.39, 0.29) is 12.1 Å². The van der Waals surface area contributed by atoms with Gasteiger partial charge in [-0.15, -0.1) is 0 Å². The molecule has 1 aliphatic rings. The summed E-state index contributed by atoms with van der Waals surface area (Å²) in [6, 6.07) is 9.71. The van der Waals surface area contributed by atoms with Crippen molar-refractivity contribution in [2.75, 3.05) is 13.1 Å². The lowest BCUT2D eigenvalue weighted by Crippen LogP contribution is -2.56. The van der Waals surface area contributed by atoms with Gasteiger partial charge in [0.1, 0.15) is 0 Å². The average molecular weight is 300 g/mol. The van der Waals surface area contributed by atoms with Crippen molar-refractivity contribution in [3.63, 3.8) is 0 Å². The summed E-state index contributed by atoms with van der Waals surface area (Å²) in [5, 5.41) is 3.46. The molecule has 1 fully saturated rings. The van der Waals surface area contributed by atoms with E-state index in [2.05, 4.69) is 5.32 Å². The number of halogens is 3. The molecule has 1 heterocycles.